The number of nitrogens with two attached hydrogens (primary N) is 1. The average Bonchev–Trinajstić information content (AvgIpc) is 3.18. The molecule has 1 aromatic carbocycles. The fourth-order valence-electron chi connectivity index (χ4n) is 3.08. The summed E-state index contributed by atoms with van der Waals surface area (Å²) in [6.45, 7) is 2.52. The minimum absolute atomic E-state index is 0.0376. The predicted molar refractivity (Wildman–Crippen MR) is 108 cm³/mol. The zero-order valence-corrected chi connectivity index (χ0v) is 16.2. The molecule has 2 heterocycles. The zero-order valence-electron chi connectivity index (χ0n) is 16.2. The van der Waals surface area contributed by atoms with E-state index in [4.69, 9.17) is 14.9 Å². The van der Waals surface area contributed by atoms with Gasteiger partial charge in [-0.05, 0) is 18.6 Å². The molecule has 0 unspecified atom stereocenters. The van der Waals surface area contributed by atoms with Gasteiger partial charge in [-0.3, -0.25) is 14.3 Å². The lowest BCUT2D eigenvalue weighted by molar-refractivity contribution is 0.0598. The zero-order chi connectivity index (χ0) is 21.0. The van der Waals surface area contributed by atoms with Crippen LogP contribution in [0.15, 0.2) is 56.7 Å². The van der Waals surface area contributed by atoms with Crippen molar-refractivity contribution in [2.45, 2.75) is 20.0 Å². The number of carbonyl (C=O) groups excluding carboxylic acids is 1. The van der Waals surface area contributed by atoms with Crippen LogP contribution in [0.1, 0.15) is 28.6 Å². The molecule has 0 fully saturated rings. The topological polar surface area (TPSA) is 124 Å². The molecule has 152 valence electrons. The molecule has 0 saturated carbocycles. The number of nitrogens with one attached hydrogen (secondary N) is 1. The van der Waals surface area contributed by atoms with E-state index >= 15 is 0 Å². The van der Waals surface area contributed by atoms with Gasteiger partial charge in [-0.25, -0.2) is 9.59 Å². The first kappa shape index (κ1) is 20.0. The third kappa shape index (κ3) is 4.08. The highest BCUT2D eigenvalue weighted by Gasteiger charge is 2.22. The number of H-pyrrole nitrogens is 1. The number of ether oxygens (including phenoxy) is 1. The minimum atomic E-state index is -0.607. The molecule has 2 aromatic heterocycles. The molecule has 0 aliphatic heterocycles. The molecule has 29 heavy (non-hydrogen) atoms. The van der Waals surface area contributed by atoms with Crippen molar-refractivity contribution in [2.24, 2.45) is 0 Å². The van der Waals surface area contributed by atoms with Crippen LogP contribution in [-0.4, -0.2) is 29.2 Å². The second-order valence-electron chi connectivity index (χ2n) is 6.33. The molecule has 0 aliphatic carbocycles. The number of aromatic amines is 1. The van der Waals surface area contributed by atoms with E-state index in [0.717, 1.165) is 5.56 Å². The highest BCUT2D eigenvalue weighted by atomic mass is 16.5. The number of benzene rings is 1. The maximum absolute atomic E-state index is 12.6. The first-order valence-electron chi connectivity index (χ1n) is 9.02. The number of carbonyl (C=O) groups is 1. The van der Waals surface area contributed by atoms with E-state index in [2.05, 4.69) is 4.98 Å². The normalized spacial score (nSPS) is 10.7. The van der Waals surface area contributed by atoms with Crippen LogP contribution < -0.4 is 21.9 Å². The van der Waals surface area contributed by atoms with Crippen molar-refractivity contribution in [3.05, 3.63) is 80.4 Å². The Morgan fingerprint density at radius 2 is 1.97 bits per heavy atom. The number of hydrogen-bond acceptors (Lipinski definition) is 7. The summed E-state index contributed by atoms with van der Waals surface area (Å²) in [5.41, 5.74) is 6.30. The van der Waals surface area contributed by atoms with Gasteiger partial charge in [-0.1, -0.05) is 30.3 Å². The standard InChI is InChI=1S/C20H22N4O5/c1-3-23(12-15-14(9-10-29-15)19(26)28-2)16-17(21)24(20(27)22-18(16)25)11-13-7-5-4-6-8-13/h4-10H,3,11-12,21H2,1-2H3,(H,22,25,27). The predicted octanol–water partition coefficient (Wildman–Crippen LogP) is 1.57. The van der Waals surface area contributed by atoms with Gasteiger partial charge in [0.05, 0.1) is 26.5 Å². The summed E-state index contributed by atoms with van der Waals surface area (Å²) in [6.07, 6.45) is 1.37. The molecule has 0 aliphatic rings. The van der Waals surface area contributed by atoms with E-state index in [-0.39, 0.29) is 30.2 Å². The van der Waals surface area contributed by atoms with Crippen LogP contribution in [0.25, 0.3) is 0 Å². The number of furan rings is 1. The van der Waals surface area contributed by atoms with Crippen molar-refractivity contribution in [2.75, 3.05) is 24.3 Å². The van der Waals surface area contributed by atoms with Crippen LogP contribution >= 0.6 is 0 Å². The Morgan fingerprint density at radius 1 is 1.24 bits per heavy atom. The molecular weight excluding hydrogens is 376 g/mol. The number of esters is 1. The highest BCUT2D eigenvalue weighted by Crippen LogP contribution is 2.22. The van der Waals surface area contributed by atoms with Crippen LogP contribution in [0.4, 0.5) is 11.5 Å². The van der Waals surface area contributed by atoms with E-state index in [1.54, 1.807) is 4.90 Å². The van der Waals surface area contributed by atoms with Crippen molar-refractivity contribution >= 4 is 17.5 Å². The van der Waals surface area contributed by atoms with Gasteiger partial charge in [0.15, 0.2) is 0 Å². The van der Waals surface area contributed by atoms with Gasteiger partial charge in [-0.2, -0.15) is 0 Å². The maximum atomic E-state index is 12.6. The lowest BCUT2D eigenvalue weighted by Gasteiger charge is -2.24. The number of nitrogens with zero attached hydrogens (tertiary/aromatic N) is 2. The summed E-state index contributed by atoms with van der Waals surface area (Å²) >= 11 is 0. The first-order valence-corrected chi connectivity index (χ1v) is 9.02. The summed E-state index contributed by atoms with van der Waals surface area (Å²) in [5.74, 6) is -0.172. The Morgan fingerprint density at radius 3 is 2.62 bits per heavy atom. The van der Waals surface area contributed by atoms with Crippen molar-refractivity contribution < 1.29 is 13.9 Å². The van der Waals surface area contributed by atoms with Crippen molar-refractivity contribution in [1.82, 2.24) is 9.55 Å². The molecule has 0 atom stereocenters. The van der Waals surface area contributed by atoms with Crippen molar-refractivity contribution in [3.8, 4) is 0 Å². The summed E-state index contributed by atoms with van der Waals surface area (Å²) in [4.78, 5) is 40.8. The van der Waals surface area contributed by atoms with E-state index < -0.39 is 17.2 Å². The van der Waals surface area contributed by atoms with Crippen LogP contribution in [0.5, 0.6) is 0 Å². The smallest absolute Gasteiger partial charge is 0.341 e. The Balaban J connectivity index is 2.01. The van der Waals surface area contributed by atoms with E-state index in [0.29, 0.717) is 12.3 Å². The second-order valence-corrected chi connectivity index (χ2v) is 6.33. The Kier molecular flexibility index (Phi) is 5.87. The monoisotopic (exact) mass is 398 g/mol. The molecular formula is C20H22N4O5. The lowest BCUT2D eigenvalue weighted by atomic mass is 10.2. The minimum Gasteiger partial charge on any atom is -0.467 e. The van der Waals surface area contributed by atoms with E-state index in [9.17, 15) is 14.4 Å². The summed E-state index contributed by atoms with van der Waals surface area (Å²) in [5, 5.41) is 0. The summed E-state index contributed by atoms with van der Waals surface area (Å²) in [7, 11) is 1.28. The molecule has 0 saturated heterocycles. The van der Waals surface area contributed by atoms with E-state index in [1.807, 2.05) is 37.3 Å². The average molecular weight is 398 g/mol. The van der Waals surface area contributed by atoms with Gasteiger partial charge in [0.1, 0.15) is 22.8 Å². The quantitative estimate of drug-likeness (QED) is 0.579. The number of hydrogen-bond donors (Lipinski definition) is 2. The van der Waals surface area contributed by atoms with Crippen LogP contribution in [0, 0.1) is 0 Å². The highest BCUT2D eigenvalue weighted by molar-refractivity contribution is 5.90. The lowest BCUT2D eigenvalue weighted by Crippen LogP contribution is -2.38. The van der Waals surface area contributed by atoms with Gasteiger partial charge < -0.3 is 19.8 Å². The fraction of sp³-hybridized carbons (Fsp3) is 0.250. The van der Waals surface area contributed by atoms with E-state index in [1.165, 1.54) is 24.0 Å². The van der Waals surface area contributed by atoms with Gasteiger partial charge in [-0.15, -0.1) is 0 Å². The Bertz CT molecular complexity index is 1110. The molecule has 0 radical (unpaired) electrons. The number of methoxy groups -OCH3 is 1. The largest absolute Gasteiger partial charge is 0.467 e. The first-order chi connectivity index (χ1) is 14.0. The van der Waals surface area contributed by atoms with Gasteiger partial charge in [0.25, 0.3) is 5.56 Å². The molecule has 0 bridgehead atoms. The third-order valence-electron chi connectivity index (χ3n) is 4.58. The summed E-state index contributed by atoms with van der Waals surface area (Å²) < 4.78 is 11.5. The van der Waals surface area contributed by atoms with Crippen molar-refractivity contribution in [3.63, 3.8) is 0 Å². The molecule has 3 rings (SSSR count). The Labute approximate surface area is 166 Å². The number of nitrogen functional groups attached to an aromatic ring is 1. The van der Waals surface area contributed by atoms with Gasteiger partial charge >= 0.3 is 11.7 Å². The number of aromatic nitrogens is 2. The third-order valence-corrected chi connectivity index (χ3v) is 4.58. The molecule has 9 nitrogen and oxygen atoms in total. The molecule has 0 spiro atoms. The molecule has 9 heteroatoms. The Hall–Kier alpha value is -3.75. The molecule has 0 amide bonds. The molecule has 3 aromatic rings. The van der Waals surface area contributed by atoms with Crippen LogP contribution in [-0.2, 0) is 17.8 Å². The van der Waals surface area contributed by atoms with Crippen LogP contribution in [0.3, 0.4) is 0 Å². The van der Waals surface area contributed by atoms with Crippen molar-refractivity contribution in [1.29, 1.82) is 0 Å². The maximum Gasteiger partial charge on any atom is 0.341 e. The second kappa shape index (κ2) is 8.51. The SMILES string of the molecule is CCN(Cc1occc1C(=O)OC)c1c(N)n(Cc2ccccc2)c(=O)[nH]c1=O. The molecule has 3 N–H and O–H groups in total. The number of anilines is 2. The van der Waals surface area contributed by atoms with Crippen LogP contribution in [0.2, 0.25) is 0 Å². The fourth-order valence-corrected chi connectivity index (χ4v) is 3.08. The number of rotatable bonds is 7. The van der Waals surface area contributed by atoms with Gasteiger partial charge in [0.2, 0.25) is 0 Å². The van der Waals surface area contributed by atoms with Gasteiger partial charge in [0, 0.05) is 6.54 Å². The summed E-state index contributed by atoms with van der Waals surface area (Å²) in [6, 6.07) is 10.8.